The lowest BCUT2D eigenvalue weighted by Gasteiger charge is -2.33. The summed E-state index contributed by atoms with van der Waals surface area (Å²) in [5, 5.41) is 9.46. The van der Waals surface area contributed by atoms with Crippen LogP contribution in [-0.2, 0) is 11.2 Å². The van der Waals surface area contributed by atoms with Crippen molar-refractivity contribution in [2.75, 3.05) is 35.6 Å². The molecule has 2 amide bonds. The Morgan fingerprint density at radius 1 is 1.14 bits per heavy atom. The molecule has 1 aliphatic rings. The van der Waals surface area contributed by atoms with E-state index >= 15 is 0 Å². The third-order valence-corrected chi connectivity index (χ3v) is 8.06. The number of amides is 2. The van der Waals surface area contributed by atoms with Crippen LogP contribution in [0.2, 0.25) is 0 Å². The number of carbonyl (C=O) groups is 2. The quantitative estimate of drug-likeness (QED) is 0.277. The highest BCUT2D eigenvalue weighted by molar-refractivity contribution is 7.21. The van der Waals surface area contributed by atoms with Crippen molar-refractivity contribution in [3.05, 3.63) is 59.0 Å². The van der Waals surface area contributed by atoms with Crippen LogP contribution in [0.15, 0.2) is 48.5 Å². The van der Waals surface area contributed by atoms with Gasteiger partial charge in [-0.05, 0) is 42.3 Å². The molecule has 0 radical (unpaired) electrons. The number of rotatable bonds is 8. The number of carbonyl (C=O) groups excluding carboxylic acids is 2. The number of benzene rings is 2. The van der Waals surface area contributed by atoms with E-state index in [-0.39, 0.29) is 18.5 Å². The number of anilines is 3. The number of aryl methyl sites for hydroxylation is 1. The number of fused-ring (bicyclic) bond motifs is 2. The Balaban J connectivity index is 1.21. The summed E-state index contributed by atoms with van der Waals surface area (Å²) >= 11 is 1.27. The van der Waals surface area contributed by atoms with Crippen LogP contribution in [0.4, 0.5) is 17.2 Å². The maximum atomic E-state index is 12.6. The van der Waals surface area contributed by atoms with Crippen LogP contribution < -0.4 is 27.0 Å². The summed E-state index contributed by atoms with van der Waals surface area (Å²) in [6.45, 7) is 4.05. The zero-order chi connectivity index (χ0) is 25.9. The van der Waals surface area contributed by atoms with Crippen LogP contribution in [0, 0.1) is 0 Å². The van der Waals surface area contributed by atoms with Crippen LogP contribution in [0.3, 0.4) is 0 Å². The van der Waals surface area contributed by atoms with Crippen molar-refractivity contribution in [2.24, 2.45) is 5.73 Å². The Kier molecular flexibility index (Phi) is 7.25. The molecule has 2 aromatic carbocycles. The van der Waals surface area contributed by atoms with Crippen molar-refractivity contribution in [1.29, 1.82) is 0 Å². The van der Waals surface area contributed by atoms with Crippen molar-refractivity contribution in [2.45, 2.75) is 38.6 Å². The molecule has 37 heavy (non-hydrogen) atoms. The van der Waals surface area contributed by atoms with E-state index in [9.17, 15) is 9.59 Å². The first-order valence-electron chi connectivity index (χ1n) is 12.7. The number of pyridine rings is 1. The van der Waals surface area contributed by atoms with Crippen molar-refractivity contribution >= 4 is 61.3 Å². The van der Waals surface area contributed by atoms with Crippen molar-refractivity contribution in [3.8, 4) is 0 Å². The summed E-state index contributed by atoms with van der Waals surface area (Å²) in [6, 6.07) is 16.3. The van der Waals surface area contributed by atoms with Gasteiger partial charge < -0.3 is 27.0 Å². The molecule has 192 valence electrons. The zero-order valence-corrected chi connectivity index (χ0v) is 21.7. The van der Waals surface area contributed by atoms with Gasteiger partial charge in [0.25, 0.3) is 5.91 Å². The molecule has 9 heteroatoms. The molecule has 5 rings (SSSR count). The average molecular weight is 517 g/mol. The fourth-order valence-corrected chi connectivity index (χ4v) is 6.06. The summed E-state index contributed by atoms with van der Waals surface area (Å²) in [7, 11) is 0. The minimum atomic E-state index is -0.513. The molecule has 1 fully saturated rings. The number of primary amides is 1. The second-order valence-electron chi connectivity index (χ2n) is 9.50. The average Bonchev–Trinajstić information content (AvgIpc) is 3.25. The molecular weight excluding hydrogens is 484 g/mol. The Hall–Kier alpha value is -3.69. The Morgan fingerprint density at radius 2 is 1.89 bits per heavy atom. The van der Waals surface area contributed by atoms with Crippen molar-refractivity contribution in [1.82, 2.24) is 10.3 Å². The van der Waals surface area contributed by atoms with Gasteiger partial charge in [0.05, 0.1) is 12.2 Å². The number of aromatic nitrogens is 1. The summed E-state index contributed by atoms with van der Waals surface area (Å²) in [5.41, 5.74) is 14.2. The number of nitrogens with one attached hydrogen (secondary N) is 2. The van der Waals surface area contributed by atoms with Gasteiger partial charge in [0.15, 0.2) is 0 Å². The lowest BCUT2D eigenvalue weighted by atomic mass is 10.0. The monoisotopic (exact) mass is 516 g/mol. The SMILES string of the molecule is CCCc1cc(N2CCC(NCC(=O)Nc3cccc4ccccc34)CC2)nc2sc(C(N)=O)c(N)c12. The first-order valence-corrected chi connectivity index (χ1v) is 13.5. The van der Waals surface area contributed by atoms with Crippen LogP contribution in [0.1, 0.15) is 41.4 Å². The van der Waals surface area contributed by atoms with E-state index in [0.717, 1.165) is 76.8 Å². The van der Waals surface area contributed by atoms with E-state index in [1.165, 1.54) is 11.3 Å². The van der Waals surface area contributed by atoms with Crippen LogP contribution >= 0.6 is 11.3 Å². The van der Waals surface area contributed by atoms with Crippen molar-refractivity contribution in [3.63, 3.8) is 0 Å². The van der Waals surface area contributed by atoms with Gasteiger partial charge in [-0.15, -0.1) is 11.3 Å². The van der Waals surface area contributed by atoms with Gasteiger partial charge in [-0.1, -0.05) is 49.7 Å². The van der Waals surface area contributed by atoms with Gasteiger partial charge in [0.2, 0.25) is 5.91 Å². The smallest absolute Gasteiger partial charge is 0.260 e. The molecule has 8 nitrogen and oxygen atoms in total. The molecule has 1 aliphatic heterocycles. The third-order valence-electron chi connectivity index (χ3n) is 6.94. The Morgan fingerprint density at radius 3 is 2.65 bits per heavy atom. The molecular formula is C28H32N6O2S. The highest BCUT2D eigenvalue weighted by atomic mass is 32.1. The highest BCUT2D eigenvalue weighted by Crippen LogP contribution is 2.37. The van der Waals surface area contributed by atoms with Gasteiger partial charge >= 0.3 is 0 Å². The summed E-state index contributed by atoms with van der Waals surface area (Å²) < 4.78 is 0. The molecule has 2 aromatic heterocycles. The first kappa shape index (κ1) is 25.0. The number of nitrogens with zero attached hydrogens (tertiary/aromatic N) is 2. The lowest BCUT2D eigenvalue weighted by Crippen LogP contribution is -2.45. The molecule has 0 saturated carbocycles. The molecule has 0 unspecified atom stereocenters. The number of hydrogen-bond donors (Lipinski definition) is 4. The molecule has 3 heterocycles. The summed E-state index contributed by atoms with van der Waals surface area (Å²) in [6.07, 6.45) is 3.63. The zero-order valence-electron chi connectivity index (χ0n) is 20.9. The fourth-order valence-electron chi connectivity index (χ4n) is 5.07. The summed E-state index contributed by atoms with van der Waals surface area (Å²) in [5.74, 6) is 0.344. The van der Waals surface area contributed by atoms with Gasteiger partial charge in [-0.2, -0.15) is 0 Å². The van der Waals surface area contributed by atoms with Gasteiger partial charge in [0, 0.05) is 35.6 Å². The number of piperidine rings is 1. The largest absolute Gasteiger partial charge is 0.397 e. The molecule has 0 bridgehead atoms. The molecule has 1 saturated heterocycles. The van der Waals surface area contributed by atoms with Crippen LogP contribution in [-0.4, -0.2) is 42.5 Å². The Labute approximate surface area is 220 Å². The van der Waals surface area contributed by atoms with Crippen LogP contribution in [0.25, 0.3) is 21.0 Å². The second kappa shape index (κ2) is 10.7. The molecule has 0 aliphatic carbocycles. The number of thiophene rings is 1. The van der Waals surface area contributed by atoms with Crippen LogP contribution in [0.5, 0.6) is 0 Å². The van der Waals surface area contributed by atoms with E-state index in [1.807, 2.05) is 42.5 Å². The molecule has 4 aromatic rings. The maximum absolute atomic E-state index is 12.6. The Bertz CT molecular complexity index is 1450. The van der Waals surface area contributed by atoms with E-state index in [0.29, 0.717) is 10.6 Å². The van der Waals surface area contributed by atoms with E-state index in [4.69, 9.17) is 16.5 Å². The minimum Gasteiger partial charge on any atom is -0.397 e. The molecule has 0 atom stereocenters. The molecule has 6 N–H and O–H groups in total. The fraction of sp³-hybridized carbons (Fsp3) is 0.321. The van der Waals surface area contributed by atoms with E-state index in [1.54, 1.807) is 0 Å². The number of nitrogens with two attached hydrogens (primary N) is 2. The topological polar surface area (TPSA) is 126 Å². The second-order valence-corrected chi connectivity index (χ2v) is 10.5. The predicted molar refractivity (Wildman–Crippen MR) is 152 cm³/mol. The minimum absolute atomic E-state index is 0.0457. The highest BCUT2D eigenvalue weighted by Gasteiger charge is 2.24. The first-order chi connectivity index (χ1) is 17.9. The standard InChI is InChI=1S/C28H32N6O2S/c1-2-6-18-15-22(33-28-24(18)25(29)26(37-28)27(30)36)34-13-11-19(12-14-34)31-16-23(35)32-21-10-5-8-17-7-3-4-9-20(17)21/h3-5,7-10,15,19,31H,2,6,11-14,16,29H2,1H3,(H2,30,36)(H,32,35). The van der Waals surface area contributed by atoms with E-state index in [2.05, 4.69) is 28.5 Å². The predicted octanol–water partition coefficient (Wildman–Crippen LogP) is 4.28. The van der Waals surface area contributed by atoms with E-state index < -0.39 is 5.91 Å². The van der Waals surface area contributed by atoms with Gasteiger partial charge in [-0.25, -0.2) is 4.98 Å². The maximum Gasteiger partial charge on any atom is 0.260 e. The van der Waals surface area contributed by atoms with Gasteiger partial charge in [-0.3, -0.25) is 9.59 Å². The van der Waals surface area contributed by atoms with Gasteiger partial charge in [0.1, 0.15) is 15.5 Å². The summed E-state index contributed by atoms with van der Waals surface area (Å²) in [4.78, 5) is 32.7. The number of nitrogen functional groups attached to an aromatic ring is 1. The third kappa shape index (κ3) is 5.23. The lowest BCUT2D eigenvalue weighted by molar-refractivity contribution is -0.115. The molecule has 0 spiro atoms. The normalized spacial score (nSPS) is 14.4. The number of hydrogen-bond acceptors (Lipinski definition) is 7. The van der Waals surface area contributed by atoms with Crippen molar-refractivity contribution < 1.29 is 9.59 Å².